The van der Waals surface area contributed by atoms with E-state index in [9.17, 15) is 0 Å². The molecule has 0 atom stereocenters. The van der Waals surface area contributed by atoms with Crippen molar-refractivity contribution in [3.8, 4) is 12.3 Å². The Hall–Kier alpha value is -0.190. The topological polar surface area (TPSA) is 9.23 Å². The molecule has 0 heterocycles. The predicted molar refractivity (Wildman–Crippen MR) is 43.9 cm³/mol. The first-order chi connectivity index (χ1) is 4.62. The van der Waals surface area contributed by atoms with Crippen LogP contribution in [-0.2, 0) is 4.74 Å². The lowest BCUT2D eigenvalue weighted by Gasteiger charge is -2.20. The van der Waals surface area contributed by atoms with Gasteiger partial charge in [-0.2, -0.15) is 0 Å². The summed E-state index contributed by atoms with van der Waals surface area (Å²) in [5.74, 6) is 2.59. The second kappa shape index (κ2) is 4.60. The summed E-state index contributed by atoms with van der Waals surface area (Å²) in [6.45, 7) is 4.74. The summed E-state index contributed by atoms with van der Waals surface area (Å²) in [4.78, 5) is 0. The smallest absolute Gasteiger partial charge is 0.120 e. The fraction of sp³-hybridized carbons (Fsp3) is 0.750. The first-order valence-electron chi connectivity index (χ1n) is 3.19. The zero-order chi connectivity index (χ0) is 8.04. The third-order valence-electron chi connectivity index (χ3n) is 1.15. The molecule has 0 unspecified atom stereocenters. The minimum Gasteiger partial charge on any atom is -0.365 e. The lowest BCUT2D eigenvalue weighted by atomic mass is 9.91. The fourth-order valence-corrected chi connectivity index (χ4v) is 0.719. The highest BCUT2D eigenvalue weighted by Crippen LogP contribution is 2.19. The molecule has 0 aliphatic carbocycles. The molecule has 0 N–H and O–H groups in total. The number of rotatable bonds is 4. The number of hydrogen-bond acceptors (Lipinski definition) is 1. The van der Waals surface area contributed by atoms with Crippen LogP contribution >= 0.6 is 11.6 Å². The largest absolute Gasteiger partial charge is 0.365 e. The van der Waals surface area contributed by atoms with Crippen LogP contribution in [0.15, 0.2) is 0 Å². The molecule has 0 saturated heterocycles. The van der Waals surface area contributed by atoms with E-state index in [0.29, 0.717) is 6.61 Å². The second-order valence-electron chi connectivity index (χ2n) is 3.00. The van der Waals surface area contributed by atoms with Gasteiger partial charge in [-0.05, 0) is 5.41 Å². The molecule has 58 valence electrons. The van der Waals surface area contributed by atoms with Gasteiger partial charge in [0, 0.05) is 6.42 Å². The van der Waals surface area contributed by atoms with E-state index in [-0.39, 0.29) is 11.5 Å². The Morgan fingerprint density at radius 1 is 1.60 bits per heavy atom. The molecule has 0 radical (unpaired) electrons. The van der Waals surface area contributed by atoms with E-state index in [4.69, 9.17) is 22.8 Å². The van der Waals surface area contributed by atoms with Crippen molar-refractivity contribution in [2.75, 3.05) is 12.7 Å². The van der Waals surface area contributed by atoms with Gasteiger partial charge in [0.25, 0.3) is 0 Å². The van der Waals surface area contributed by atoms with Gasteiger partial charge in [0.1, 0.15) is 6.07 Å². The van der Waals surface area contributed by atoms with E-state index >= 15 is 0 Å². The van der Waals surface area contributed by atoms with Crippen LogP contribution in [0, 0.1) is 17.8 Å². The summed E-state index contributed by atoms with van der Waals surface area (Å²) in [5.41, 5.74) is 0.0592. The van der Waals surface area contributed by atoms with Gasteiger partial charge in [-0.15, -0.1) is 12.3 Å². The maximum Gasteiger partial charge on any atom is 0.120 e. The van der Waals surface area contributed by atoms with Gasteiger partial charge >= 0.3 is 0 Å². The van der Waals surface area contributed by atoms with Crippen LogP contribution in [0.4, 0.5) is 0 Å². The minimum atomic E-state index is 0.0592. The molecule has 0 aromatic carbocycles. The normalized spacial score (nSPS) is 11.0. The molecular formula is C8H13ClO. The highest BCUT2D eigenvalue weighted by molar-refractivity contribution is 6.17. The van der Waals surface area contributed by atoms with E-state index in [1.165, 1.54) is 0 Å². The molecule has 10 heavy (non-hydrogen) atoms. The maximum absolute atomic E-state index is 5.33. The molecule has 0 aliphatic heterocycles. The van der Waals surface area contributed by atoms with Crippen molar-refractivity contribution < 1.29 is 4.74 Å². The Kier molecular flexibility index (Phi) is 4.51. The van der Waals surface area contributed by atoms with Crippen LogP contribution in [0.3, 0.4) is 0 Å². The number of terminal acetylenes is 1. The summed E-state index contributed by atoms with van der Waals surface area (Å²) < 4.78 is 5.02. The second-order valence-corrected chi connectivity index (χ2v) is 3.22. The summed E-state index contributed by atoms with van der Waals surface area (Å²) in [6, 6.07) is 0.244. The Bertz CT molecular complexity index is 124. The highest BCUT2D eigenvalue weighted by Gasteiger charge is 2.15. The highest BCUT2D eigenvalue weighted by atomic mass is 35.5. The molecule has 0 bridgehead atoms. The molecule has 2 heteroatoms. The number of halogens is 1. The van der Waals surface area contributed by atoms with Crippen LogP contribution in [0.25, 0.3) is 0 Å². The Morgan fingerprint density at radius 2 is 2.20 bits per heavy atom. The molecule has 0 fully saturated rings. The maximum atomic E-state index is 5.33. The third-order valence-corrected chi connectivity index (χ3v) is 1.30. The summed E-state index contributed by atoms with van der Waals surface area (Å²) in [7, 11) is 0. The van der Waals surface area contributed by atoms with Crippen LogP contribution < -0.4 is 0 Å². The van der Waals surface area contributed by atoms with Gasteiger partial charge in [-0.1, -0.05) is 25.4 Å². The Balaban J connectivity index is 3.55. The lowest BCUT2D eigenvalue weighted by Crippen LogP contribution is -2.18. The van der Waals surface area contributed by atoms with Gasteiger partial charge in [0.2, 0.25) is 0 Å². The lowest BCUT2D eigenvalue weighted by molar-refractivity contribution is 0.0947. The Morgan fingerprint density at radius 3 is 2.60 bits per heavy atom. The quantitative estimate of drug-likeness (QED) is 0.453. The average molecular weight is 161 g/mol. The summed E-state index contributed by atoms with van der Waals surface area (Å²) in [6.07, 6.45) is 5.87. The van der Waals surface area contributed by atoms with E-state index in [1.807, 2.05) is 0 Å². The van der Waals surface area contributed by atoms with Crippen molar-refractivity contribution in [3.05, 3.63) is 0 Å². The van der Waals surface area contributed by atoms with Crippen LogP contribution in [-0.4, -0.2) is 12.7 Å². The van der Waals surface area contributed by atoms with Crippen molar-refractivity contribution in [2.24, 2.45) is 5.41 Å². The van der Waals surface area contributed by atoms with Crippen LogP contribution in [0.1, 0.15) is 20.3 Å². The number of hydrogen-bond donors (Lipinski definition) is 0. The SMILES string of the molecule is C#CCC(C)(C)COCCl. The first-order valence-corrected chi connectivity index (χ1v) is 3.73. The standard InChI is InChI=1S/C8H13ClO/c1-4-5-8(2,3)6-10-7-9/h1H,5-7H2,2-3H3. The van der Waals surface area contributed by atoms with Crippen LogP contribution in [0.5, 0.6) is 0 Å². The van der Waals surface area contributed by atoms with Crippen molar-refractivity contribution >= 4 is 11.6 Å². The first kappa shape index (κ1) is 9.81. The molecule has 0 aliphatic rings. The van der Waals surface area contributed by atoms with Crippen LogP contribution in [0.2, 0.25) is 0 Å². The van der Waals surface area contributed by atoms with Gasteiger partial charge in [0.05, 0.1) is 6.61 Å². The average Bonchev–Trinajstić information content (AvgIpc) is 1.84. The molecule has 0 rings (SSSR count). The molecule has 0 aromatic heterocycles. The van der Waals surface area contributed by atoms with Gasteiger partial charge < -0.3 is 4.74 Å². The molecule has 0 saturated carbocycles. The summed E-state index contributed by atoms with van der Waals surface area (Å²) in [5, 5.41) is 0. The number of alkyl halides is 1. The number of ether oxygens (including phenoxy) is 1. The molecular weight excluding hydrogens is 148 g/mol. The molecule has 0 amide bonds. The van der Waals surface area contributed by atoms with E-state index in [2.05, 4.69) is 19.8 Å². The van der Waals surface area contributed by atoms with Gasteiger partial charge in [0.15, 0.2) is 0 Å². The van der Waals surface area contributed by atoms with E-state index in [1.54, 1.807) is 0 Å². The van der Waals surface area contributed by atoms with Crippen molar-refractivity contribution in [1.29, 1.82) is 0 Å². The zero-order valence-electron chi connectivity index (χ0n) is 6.48. The van der Waals surface area contributed by atoms with Gasteiger partial charge in [-0.3, -0.25) is 0 Å². The van der Waals surface area contributed by atoms with E-state index < -0.39 is 0 Å². The Labute approximate surface area is 67.7 Å². The molecule has 1 nitrogen and oxygen atoms in total. The monoisotopic (exact) mass is 160 g/mol. The minimum absolute atomic E-state index is 0.0592. The van der Waals surface area contributed by atoms with Crippen molar-refractivity contribution in [1.82, 2.24) is 0 Å². The predicted octanol–water partition coefficient (Wildman–Crippen LogP) is 2.25. The molecule has 0 spiro atoms. The summed E-state index contributed by atoms with van der Waals surface area (Å²) >= 11 is 5.33. The molecule has 0 aromatic rings. The zero-order valence-corrected chi connectivity index (χ0v) is 7.24. The third kappa shape index (κ3) is 4.67. The van der Waals surface area contributed by atoms with E-state index in [0.717, 1.165) is 6.42 Å². The van der Waals surface area contributed by atoms with Crippen molar-refractivity contribution in [2.45, 2.75) is 20.3 Å². The fourth-order valence-electron chi connectivity index (χ4n) is 0.642. The van der Waals surface area contributed by atoms with Crippen molar-refractivity contribution in [3.63, 3.8) is 0 Å². The van der Waals surface area contributed by atoms with Gasteiger partial charge in [-0.25, -0.2) is 0 Å².